The third-order valence-corrected chi connectivity index (χ3v) is 5.33. The average Bonchev–Trinajstić information content (AvgIpc) is 3.04. The van der Waals surface area contributed by atoms with Crippen molar-refractivity contribution in [2.24, 2.45) is 0 Å². The number of carbonyl (C=O) groups excluding carboxylic acids is 1. The van der Waals surface area contributed by atoms with Gasteiger partial charge in [-0.2, -0.15) is 5.26 Å². The fraction of sp³-hybridized carbons (Fsp3) is 0.130. The van der Waals surface area contributed by atoms with Crippen LogP contribution in [0.25, 0.3) is 11.8 Å². The molecule has 8 nitrogen and oxygen atoms in total. The number of rotatable bonds is 6. The number of nitrogens with one attached hydrogen (secondary N) is 1. The number of benzene rings is 2. The van der Waals surface area contributed by atoms with Crippen LogP contribution in [0.1, 0.15) is 17.0 Å². The molecule has 0 atom stereocenters. The first-order valence-electron chi connectivity index (χ1n) is 9.45. The number of carbonyl (C=O) groups is 1. The molecule has 0 unspecified atom stereocenters. The van der Waals surface area contributed by atoms with Crippen LogP contribution in [0.15, 0.2) is 58.6 Å². The molecule has 2 aromatic carbocycles. The van der Waals surface area contributed by atoms with Crippen molar-refractivity contribution in [3.8, 4) is 17.5 Å². The molecule has 0 aliphatic carbocycles. The van der Waals surface area contributed by atoms with Crippen LogP contribution in [-0.2, 0) is 4.79 Å². The van der Waals surface area contributed by atoms with E-state index in [1.54, 1.807) is 35.8 Å². The SMILES string of the molecule is COc1ccc([N+](=O)[O-])cc1-n1c(C)cc(/C=C(/C#N)C(=O)Nc2cccc(Br)c2)c1C. The molecule has 0 fully saturated rings. The fourth-order valence-corrected chi connectivity index (χ4v) is 3.74. The number of ether oxygens (including phenoxy) is 1. The van der Waals surface area contributed by atoms with Gasteiger partial charge in [0.25, 0.3) is 11.6 Å². The van der Waals surface area contributed by atoms with Gasteiger partial charge in [-0.1, -0.05) is 22.0 Å². The van der Waals surface area contributed by atoms with E-state index in [-0.39, 0.29) is 11.3 Å². The second-order valence-corrected chi connectivity index (χ2v) is 7.83. The average molecular weight is 495 g/mol. The van der Waals surface area contributed by atoms with E-state index >= 15 is 0 Å². The van der Waals surface area contributed by atoms with E-state index in [0.29, 0.717) is 28.4 Å². The van der Waals surface area contributed by atoms with Crippen molar-refractivity contribution < 1.29 is 14.5 Å². The van der Waals surface area contributed by atoms with Gasteiger partial charge in [-0.3, -0.25) is 14.9 Å². The van der Waals surface area contributed by atoms with Gasteiger partial charge < -0.3 is 14.6 Å². The van der Waals surface area contributed by atoms with Crippen molar-refractivity contribution in [3.63, 3.8) is 0 Å². The van der Waals surface area contributed by atoms with Crippen LogP contribution in [0.3, 0.4) is 0 Å². The second kappa shape index (κ2) is 9.49. The minimum absolute atomic E-state index is 0.0727. The van der Waals surface area contributed by atoms with Gasteiger partial charge in [0.1, 0.15) is 17.4 Å². The number of anilines is 1. The van der Waals surface area contributed by atoms with Gasteiger partial charge in [-0.25, -0.2) is 0 Å². The molecule has 1 amide bonds. The molecule has 1 heterocycles. The molecule has 0 spiro atoms. The first-order valence-corrected chi connectivity index (χ1v) is 10.2. The number of halogens is 1. The number of aryl methyl sites for hydroxylation is 1. The summed E-state index contributed by atoms with van der Waals surface area (Å²) in [6.07, 6.45) is 1.50. The highest BCUT2D eigenvalue weighted by molar-refractivity contribution is 9.10. The van der Waals surface area contributed by atoms with Gasteiger partial charge in [0.05, 0.1) is 17.7 Å². The van der Waals surface area contributed by atoms with Crippen molar-refractivity contribution in [2.45, 2.75) is 13.8 Å². The number of methoxy groups -OCH3 is 1. The van der Waals surface area contributed by atoms with Crippen molar-refractivity contribution >= 4 is 39.3 Å². The molecule has 162 valence electrons. The molecule has 32 heavy (non-hydrogen) atoms. The maximum atomic E-state index is 12.6. The number of nitro benzene ring substituents is 1. The fourth-order valence-electron chi connectivity index (χ4n) is 3.34. The Kier molecular flexibility index (Phi) is 6.76. The van der Waals surface area contributed by atoms with Gasteiger partial charge in [-0.05, 0) is 55.8 Å². The van der Waals surface area contributed by atoms with E-state index < -0.39 is 10.8 Å². The van der Waals surface area contributed by atoms with Gasteiger partial charge >= 0.3 is 0 Å². The molecule has 0 radical (unpaired) electrons. The molecule has 1 aromatic heterocycles. The summed E-state index contributed by atoms with van der Waals surface area (Å²) >= 11 is 3.34. The Bertz CT molecular complexity index is 1290. The molecule has 1 N–H and O–H groups in total. The summed E-state index contributed by atoms with van der Waals surface area (Å²) in [6.45, 7) is 3.63. The van der Waals surface area contributed by atoms with Gasteiger partial charge in [0.2, 0.25) is 0 Å². The van der Waals surface area contributed by atoms with Crippen LogP contribution in [0.4, 0.5) is 11.4 Å². The first kappa shape index (κ1) is 22.8. The molecule has 0 aliphatic heterocycles. The number of aromatic nitrogens is 1. The lowest BCUT2D eigenvalue weighted by Gasteiger charge is -2.14. The molecule has 0 aliphatic rings. The monoisotopic (exact) mass is 494 g/mol. The lowest BCUT2D eigenvalue weighted by atomic mass is 10.1. The minimum Gasteiger partial charge on any atom is -0.495 e. The Morgan fingerprint density at radius 2 is 2.00 bits per heavy atom. The van der Waals surface area contributed by atoms with E-state index in [1.165, 1.54) is 31.4 Å². The third kappa shape index (κ3) is 4.71. The molecule has 0 saturated heterocycles. The van der Waals surface area contributed by atoms with E-state index in [1.807, 2.05) is 19.1 Å². The Hall–Kier alpha value is -3.90. The first-order chi connectivity index (χ1) is 15.2. The summed E-state index contributed by atoms with van der Waals surface area (Å²) in [5.41, 5.74) is 3.00. The molecule has 0 saturated carbocycles. The van der Waals surface area contributed by atoms with Gasteiger partial charge in [-0.15, -0.1) is 0 Å². The summed E-state index contributed by atoms with van der Waals surface area (Å²) in [5.74, 6) is -0.0795. The standard InChI is InChI=1S/C23H19BrN4O4/c1-14-9-16(10-17(13-25)23(29)26-19-6-4-5-18(24)11-19)15(2)27(14)21-12-20(28(30)31)7-8-22(21)32-3/h4-12H,1-3H3,(H,26,29)/b17-10-. The summed E-state index contributed by atoms with van der Waals surface area (Å²) in [6, 6.07) is 15.1. The normalized spacial score (nSPS) is 11.0. The number of hydrogen-bond acceptors (Lipinski definition) is 5. The largest absolute Gasteiger partial charge is 0.495 e. The van der Waals surface area contributed by atoms with Gasteiger partial charge in [0.15, 0.2) is 0 Å². The molecule has 3 aromatic rings. The lowest BCUT2D eigenvalue weighted by molar-refractivity contribution is -0.384. The highest BCUT2D eigenvalue weighted by Crippen LogP contribution is 2.32. The van der Waals surface area contributed by atoms with Crippen LogP contribution in [0.2, 0.25) is 0 Å². The second-order valence-electron chi connectivity index (χ2n) is 6.91. The van der Waals surface area contributed by atoms with Crippen molar-refractivity contribution in [3.05, 3.63) is 85.6 Å². The van der Waals surface area contributed by atoms with Crippen LogP contribution >= 0.6 is 15.9 Å². The highest BCUT2D eigenvalue weighted by Gasteiger charge is 2.18. The number of hydrogen-bond donors (Lipinski definition) is 1. The molecule has 0 bridgehead atoms. The summed E-state index contributed by atoms with van der Waals surface area (Å²) in [4.78, 5) is 23.4. The smallest absolute Gasteiger partial charge is 0.271 e. The molecule has 3 rings (SSSR count). The minimum atomic E-state index is -0.539. The topological polar surface area (TPSA) is 110 Å². The van der Waals surface area contributed by atoms with Crippen LogP contribution < -0.4 is 10.1 Å². The molecular weight excluding hydrogens is 476 g/mol. The Morgan fingerprint density at radius 3 is 2.62 bits per heavy atom. The van der Waals surface area contributed by atoms with Crippen LogP contribution in [0, 0.1) is 35.3 Å². The maximum absolute atomic E-state index is 12.6. The highest BCUT2D eigenvalue weighted by atomic mass is 79.9. The summed E-state index contributed by atoms with van der Waals surface area (Å²) in [5, 5.41) is 23.5. The van der Waals surface area contributed by atoms with Crippen molar-refractivity contribution in [1.29, 1.82) is 5.26 Å². The Morgan fingerprint density at radius 1 is 1.25 bits per heavy atom. The van der Waals surface area contributed by atoms with Crippen LogP contribution in [0.5, 0.6) is 5.75 Å². The predicted molar refractivity (Wildman–Crippen MR) is 125 cm³/mol. The number of non-ortho nitro benzene ring substituents is 1. The Balaban J connectivity index is 2.02. The number of nitrogens with zero attached hydrogens (tertiary/aromatic N) is 3. The number of nitro groups is 1. The Labute approximate surface area is 193 Å². The van der Waals surface area contributed by atoms with Crippen molar-refractivity contribution in [2.75, 3.05) is 12.4 Å². The maximum Gasteiger partial charge on any atom is 0.271 e. The number of nitriles is 1. The van der Waals surface area contributed by atoms with Gasteiger partial charge in [0, 0.05) is 33.7 Å². The zero-order valence-corrected chi connectivity index (χ0v) is 19.1. The summed E-state index contributed by atoms with van der Waals surface area (Å²) in [7, 11) is 1.49. The summed E-state index contributed by atoms with van der Waals surface area (Å²) < 4.78 is 7.98. The van der Waals surface area contributed by atoms with E-state index in [9.17, 15) is 20.2 Å². The van der Waals surface area contributed by atoms with Crippen LogP contribution in [-0.4, -0.2) is 22.5 Å². The molecular formula is C23H19BrN4O4. The third-order valence-electron chi connectivity index (χ3n) is 4.83. The quantitative estimate of drug-likeness (QED) is 0.215. The van der Waals surface area contributed by atoms with E-state index in [2.05, 4.69) is 21.2 Å². The molecule has 9 heteroatoms. The van der Waals surface area contributed by atoms with E-state index in [0.717, 1.165) is 10.2 Å². The predicted octanol–water partition coefficient (Wildman–Crippen LogP) is 5.32. The zero-order chi connectivity index (χ0) is 23.4. The zero-order valence-electron chi connectivity index (χ0n) is 17.5. The van der Waals surface area contributed by atoms with E-state index in [4.69, 9.17) is 4.74 Å². The van der Waals surface area contributed by atoms with Crippen molar-refractivity contribution in [1.82, 2.24) is 4.57 Å². The number of amides is 1. The lowest BCUT2D eigenvalue weighted by Crippen LogP contribution is -2.13.